The molecule has 4 aromatic rings. The van der Waals surface area contributed by atoms with E-state index in [1.54, 1.807) is 0 Å². The van der Waals surface area contributed by atoms with Crippen molar-refractivity contribution in [3.05, 3.63) is 147 Å². The molecule has 0 aliphatic carbocycles. The van der Waals surface area contributed by atoms with Gasteiger partial charge in [-0.1, -0.05) is 127 Å². The number of hydrogen-bond acceptors (Lipinski definition) is 14. The van der Waals surface area contributed by atoms with Crippen molar-refractivity contribution in [3.63, 3.8) is 0 Å². The third-order valence-corrected chi connectivity index (χ3v) is 12.3. The SMILES string of the molecule is Cc1ccc(NC(=O)[C@H](CCCCNC(c2ccccc2)(c2ccccc2)c2ccc(C)cc2)NC(=O)[C@@H](NC(=O)CCOCCOCCOCCOCCOCCOCCOCCOCCOCCN=[N+]=[N-])C(C)C)cc1. The van der Waals surface area contributed by atoms with Gasteiger partial charge in [0.25, 0.3) is 0 Å². The van der Waals surface area contributed by atoms with Gasteiger partial charge in [-0.15, -0.1) is 0 Å². The van der Waals surface area contributed by atoms with Crippen molar-refractivity contribution in [1.82, 2.24) is 16.0 Å². The molecule has 0 fully saturated rings. The summed E-state index contributed by atoms with van der Waals surface area (Å²) >= 11 is 0. The molecule has 4 aromatic carbocycles. The summed E-state index contributed by atoms with van der Waals surface area (Å²) in [5, 5.41) is 16.2. The number of benzene rings is 4. The number of ether oxygens (including phenoxy) is 9. The molecule has 0 radical (unpaired) electrons. The van der Waals surface area contributed by atoms with Gasteiger partial charge in [-0.25, -0.2) is 0 Å². The van der Waals surface area contributed by atoms with Crippen molar-refractivity contribution in [2.24, 2.45) is 11.0 Å². The fourth-order valence-corrected chi connectivity index (χ4v) is 8.09. The van der Waals surface area contributed by atoms with E-state index in [4.69, 9.17) is 48.2 Å². The number of anilines is 1. The molecule has 3 amide bonds. The summed E-state index contributed by atoms with van der Waals surface area (Å²) in [5.74, 6) is -1.35. The van der Waals surface area contributed by atoms with Crippen LogP contribution in [-0.2, 0) is 62.6 Å². The Bertz CT molecular complexity index is 2220. The Kier molecular flexibility index (Phi) is 33.5. The molecule has 0 aliphatic heterocycles. The lowest BCUT2D eigenvalue weighted by Crippen LogP contribution is -2.54. The number of azide groups is 1. The van der Waals surface area contributed by atoms with Crippen LogP contribution in [0.5, 0.6) is 0 Å². The zero-order valence-corrected chi connectivity index (χ0v) is 46.3. The molecular formula is C59H85N7O12. The first-order valence-electron chi connectivity index (χ1n) is 27.2. The van der Waals surface area contributed by atoms with Crippen LogP contribution in [0, 0.1) is 19.8 Å². The zero-order chi connectivity index (χ0) is 55.7. The molecule has 2 atom stereocenters. The summed E-state index contributed by atoms with van der Waals surface area (Å²) in [5.41, 5.74) is 13.8. The highest BCUT2D eigenvalue weighted by atomic mass is 16.6. The minimum absolute atomic E-state index is 0.0499. The molecular weight excluding hydrogens is 999 g/mol. The second-order valence-electron chi connectivity index (χ2n) is 18.7. The van der Waals surface area contributed by atoms with Gasteiger partial charge in [0.1, 0.15) is 12.1 Å². The van der Waals surface area contributed by atoms with Crippen LogP contribution in [0.2, 0.25) is 0 Å². The zero-order valence-electron chi connectivity index (χ0n) is 46.3. The Balaban J connectivity index is 1.08. The molecule has 4 N–H and O–H groups in total. The van der Waals surface area contributed by atoms with E-state index in [9.17, 15) is 14.4 Å². The normalized spacial score (nSPS) is 12.2. The van der Waals surface area contributed by atoms with Crippen LogP contribution in [0.4, 0.5) is 5.69 Å². The smallest absolute Gasteiger partial charge is 0.246 e. The van der Waals surface area contributed by atoms with Crippen molar-refractivity contribution >= 4 is 23.4 Å². The van der Waals surface area contributed by atoms with Gasteiger partial charge in [0, 0.05) is 23.6 Å². The summed E-state index contributed by atoms with van der Waals surface area (Å²) in [6, 6.07) is 35.3. The molecule has 78 heavy (non-hydrogen) atoms. The third-order valence-electron chi connectivity index (χ3n) is 12.3. The summed E-state index contributed by atoms with van der Waals surface area (Å²) in [4.78, 5) is 43.6. The first-order chi connectivity index (χ1) is 38.1. The highest BCUT2D eigenvalue weighted by Crippen LogP contribution is 2.37. The average molecular weight is 1080 g/mol. The summed E-state index contributed by atoms with van der Waals surface area (Å²) in [6.45, 7) is 16.0. The van der Waals surface area contributed by atoms with E-state index in [0.29, 0.717) is 150 Å². The predicted molar refractivity (Wildman–Crippen MR) is 300 cm³/mol. The fourth-order valence-electron chi connectivity index (χ4n) is 8.09. The topological polar surface area (TPSA) is 231 Å². The first-order valence-corrected chi connectivity index (χ1v) is 27.2. The lowest BCUT2D eigenvalue weighted by molar-refractivity contribution is -0.132. The molecule has 0 heterocycles. The van der Waals surface area contributed by atoms with Gasteiger partial charge in [-0.05, 0) is 79.9 Å². The van der Waals surface area contributed by atoms with E-state index in [-0.39, 0.29) is 30.8 Å². The fraction of sp³-hybridized carbons (Fsp3) is 0.542. The number of carbonyl (C=O) groups excluding carboxylic acids is 3. The maximum atomic E-state index is 14.0. The van der Waals surface area contributed by atoms with Crippen LogP contribution in [0.3, 0.4) is 0 Å². The molecule has 0 spiro atoms. The molecule has 0 aromatic heterocycles. The van der Waals surface area contributed by atoms with Crippen molar-refractivity contribution in [2.75, 3.05) is 137 Å². The Labute approximate surface area is 461 Å². The van der Waals surface area contributed by atoms with Crippen molar-refractivity contribution in [1.29, 1.82) is 0 Å². The third kappa shape index (κ3) is 26.2. The van der Waals surface area contributed by atoms with Gasteiger partial charge in [0.15, 0.2) is 0 Å². The lowest BCUT2D eigenvalue weighted by Gasteiger charge is -2.37. The van der Waals surface area contributed by atoms with E-state index in [2.05, 4.69) is 111 Å². The lowest BCUT2D eigenvalue weighted by atomic mass is 9.76. The van der Waals surface area contributed by atoms with Crippen molar-refractivity contribution in [3.8, 4) is 0 Å². The average Bonchev–Trinajstić information content (AvgIpc) is 3.45. The number of rotatable bonds is 45. The van der Waals surface area contributed by atoms with Crippen LogP contribution in [0.15, 0.2) is 114 Å². The van der Waals surface area contributed by atoms with Gasteiger partial charge in [-0.3, -0.25) is 19.7 Å². The first kappa shape index (κ1) is 64.7. The van der Waals surface area contributed by atoms with Crippen LogP contribution < -0.4 is 21.3 Å². The van der Waals surface area contributed by atoms with Crippen LogP contribution >= 0.6 is 0 Å². The van der Waals surface area contributed by atoms with E-state index >= 15 is 0 Å². The molecule has 0 saturated carbocycles. The quantitative estimate of drug-likeness (QED) is 0.0111. The van der Waals surface area contributed by atoms with Gasteiger partial charge in [0.05, 0.1) is 124 Å². The minimum atomic E-state index is -0.870. The monoisotopic (exact) mass is 1080 g/mol. The molecule has 428 valence electrons. The number of amides is 3. The molecule has 0 unspecified atom stereocenters. The van der Waals surface area contributed by atoms with Crippen LogP contribution in [-0.4, -0.2) is 162 Å². The number of hydrogen-bond donors (Lipinski definition) is 4. The Morgan fingerprint density at radius 1 is 0.513 bits per heavy atom. The largest absolute Gasteiger partial charge is 0.379 e. The summed E-state index contributed by atoms with van der Waals surface area (Å²) in [7, 11) is 0. The Morgan fingerprint density at radius 3 is 1.36 bits per heavy atom. The maximum absolute atomic E-state index is 14.0. The van der Waals surface area contributed by atoms with E-state index < -0.39 is 23.5 Å². The summed E-state index contributed by atoms with van der Waals surface area (Å²) < 4.78 is 49.4. The standard InChI is InChI=1S/C59H85N7O12/c1-47(2)56(65-55(67)26-29-70-31-33-72-35-37-74-39-41-76-43-45-78-46-44-77-42-40-75-38-36-73-34-32-71-30-28-62-66-60)58(69)64-54(57(68)63-53-24-20-49(4)21-25-53)17-11-12-27-61-59(50-13-7-5-8-14-50,51-15-9-6-10-16-51)52-22-18-48(3)19-23-52/h5-10,13-16,18-25,47,54,56,61H,11-12,17,26-46H2,1-4H3,(H,63,68)(H,64,69)(H,65,67)/t54-,56-/m0/s1. The molecule has 4 rings (SSSR count). The molecule has 0 bridgehead atoms. The molecule has 0 aliphatic rings. The van der Waals surface area contributed by atoms with Crippen molar-refractivity contribution < 1.29 is 57.0 Å². The Hall–Kier alpha value is -5.80. The molecule has 19 heteroatoms. The minimum Gasteiger partial charge on any atom is -0.379 e. The second kappa shape index (κ2) is 40.4. The number of nitrogens with zero attached hydrogens (tertiary/aromatic N) is 3. The van der Waals surface area contributed by atoms with Gasteiger partial charge in [0.2, 0.25) is 17.7 Å². The number of aryl methyl sites for hydroxylation is 2. The molecule has 0 saturated heterocycles. The number of carbonyl (C=O) groups is 3. The summed E-state index contributed by atoms with van der Waals surface area (Å²) in [6.07, 6.45) is 1.77. The van der Waals surface area contributed by atoms with Crippen molar-refractivity contribution in [2.45, 2.75) is 71.0 Å². The number of nitrogens with one attached hydrogen (secondary N) is 4. The van der Waals surface area contributed by atoms with E-state index in [1.165, 1.54) is 5.56 Å². The Morgan fingerprint density at radius 2 is 0.923 bits per heavy atom. The van der Waals surface area contributed by atoms with Gasteiger partial charge < -0.3 is 58.6 Å². The molecule has 19 nitrogen and oxygen atoms in total. The highest BCUT2D eigenvalue weighted by Gasteiger charge is 2.36. The highest BCUT2D eigenvalue weighted by molar-refractivity contribution is 5.98. The van der Waals surface area contributed by atoms with E-state index in [1.807, 2.05) is 57.2 Å². The van der Waals surface area contributed by atoms with Gasteiger partial charge >= 0.3 is 0 Å². The predicted octanol–water partition coefficient (Wildman–Crippen LogP) is 7.47. The van der Waals surface area contributed by atoms with Crippen LogP contribution in [0.1, 0.15) is 67.3 Å². The van der Waals surface area contributed by atoms with Crippen LogP contribution in [0.25, 0.3) is 10.4 Å². The van der Waals surface area contributed by atoms with Gasteiger partial charge in [-0.2, -0.15) is 0 Å². The number of unbranched alkanes of at least 4 members (excludes halogenated alkanes) is 1. The van der Waals surface area contributed by atoms with E-state index in [0.717, 1.165) is 22.3 Å². The second-order valence-corrected chi connectivity index (χ2v) is 18.7. The maximum Gasteiger partial charge on any atom is 0.246 e.